The average Bonchev–Trinajstić information content (AvgIpc) is 2.43. The van der Waals surface area contributed by atoms with Crippen LogP contribution in [0.1, 0.15) is 16.7 Å². The smallest absolute Gasteiger partial charge is 0.261 e. The van der Waals surface area contributed by atoms with Crippen molar-refractivity contribution in [3.05, 3.63) is 58.1 Å². The Kier molecular flexibility index (Phi) is 4.21. The summed E-state index contributed by atoms with van der Waals surface area (Å²) in [5.41, 5.74) is 2.46. The fourth-order valence-corrected chi connectivity index (χ4v) is 3.44. The molecule has 0 atom stereocenters. The summed E-state index contributed by atoms with van der Waals surface area (Å²) in [6.07, 6.45) is 0. The Morgan fingerprint density at radius 1 is 1.14 bits per heavy atom. The molecule has 0 unspecified atom stereocenters. The average molecular weight is 321 g/mol. The zero-order chi connectivity index (χ0) is 15.6. The van der Waals surface area contributed by atoms with Crippen LogP contribution in [0, 0.1) is 25.2 Å². The molecule has 0 aromatic heterocycles. The summed E-state index contributed by atoms with van der Waals surface area (Å²) in [6, 6.07) is 11.4. The molecule has 2 rings (SSSR count). The third-order valence-electron chi connectivity index (χ3n) is 3.09. The van der Waals surface area contributed by atoms with Crippen LogP contribution in [-0.2, 0) is 10.0 Å². The standard InChI is InChI=1S/C15H13ClN2O2S/c1-10-4-3-5-11(2)15(10)18-21(19,20)13-7-6-12(9-17)14(16)8-13/h3-8,18H,1-2H3. The van der Waals surface area contributed by atoms with Crippen LogP contribution in [0.2, 0.25) is 5.02 Å². The first kappa shape index (κ1) is 15.4. The van der Waals surface area contributed by atoms with Gasteiger partial charge in [-0.15, -0.1) is 0 Å². The molecule has 108 valence electrons. The molecular formula is C15H13ClN2O2S. The van der Waals surface area contributed by atoms with Gasteiger partial charge in [0, 0.05) is 0 Å². The van der Waals surface area contributed by atoms with Gasteiger partial charge in [0.1, 0.15) is 6.07 Å². The lowest BCUT2D eigenvalue weighted by molar-refractivity contribution is 0.601. The highest BCUT2D eigenvalue weighted by Crippen LogP contribution is 2.25. The molecule has 0 radical (unpaired) electrons. The van der Waals surface area contributed by atoms with E-state index < -0.39 is 10.0 Å². The van der Waals surface area contributed by atoms with Crippen LogP contribution in [0.5, 0.6) is 0 Å². The van der Waals surface area contributed by atoms with Crippen molar-refractivity contribution in [3.8, 4) is 6.07 Å². The number of hydrogen-bond acceptors (Lipinski definition) is 3. The molecule has 0 fully saturated rings. The number of nitriles is 1. The zero-order valence-corrected chi connectivity index (χ0v) is 13.1. The molecule has 2 aromatic rings. The number of nitrogens with one attached hydrogen (secondary N) is 1. The lowest BCUT2D eigenvalue weighted by atomic mass is 10.1. The fraction of sp³-hybridized carbons (Fsp3) is 0.133. The van der Waals surface area contributed by atoms with Gasteiger partial charge < -0.3 is 0 Å². The van der Waals surface area contributed by atoms with Gasteiger partial charge in [-0.05, 0) is 43.2 Å². The van der Waals surface area contributed by atoms with Crippen LogP contribution in [-0.4, -0.2) is 8.42 Å². The molecule has 0 aliphatic heterocycles. The number of rotatable bonds is 3. The number of hydrogen-bond donors (Lipinski definition) is 1. The second-order valence-corrected chi connectivity index (χ2v) is 6.72. The summed E-state index contributed by atoms with van der Waals surface area (Å²) in [5, 5.41) is 8.93. The molecule has 0 saturated carbocycles. The van der Waals surface area contributed by atoms with Crippen LogP contribution >= 0.6 is 11.6 Å². The number of nitrogens with zero attached hydrogens (tertiary/aromatic N) is 1. The quantitative estimate of drug-likeness (QED) is 0.938. The minimum atomic E-state index is -3.75. The molecule has 1 N–H and O–H groups in total. The summed E-state index contributed by atoms with van der Waals surface area (Å²) in [6.45, 7) is 3.66. The highest BCUT2D eigenvalue weighted by Gasteiger charge is 2.17. The highest BCUT2D eigenvalue weighted by atomic mass is 35.5. The Labute approximate surface area is 129 Å². The Morgan fingerprint density at radius 3 is 2.29 bits per heavy atom. The van der Waals surface area contributed by atoms with E-state index in [0.29, 0.717) is 5.69 Å². The van der Waals surface area contributed by atoms with Gasteiger partial charge >= 0.3 is 0 Å². The first-order valence-electron chi connectivity index (χ1n) is 6.14. The predicted octanol–water partition coefficient (Wildman–Crippen LogP) is 3.63. The van der Waals surface area contributed by atoms with Gasteiger partial charge in [0.2, 0.25) is 0 Å². The van der Waals surface area contributed by atoms with Crippen molar-refractivity contribution in [3.63, 3.8) is 0 Å². The maximum atomic E-state index is 12.4. The summed E-state index contributed by atoms with van der Waals surface area (Å²) in [5.74, 6) is 0. The monoisotopic (exact) mass is 320 g/mol. The van der Waals surface area contributed by atoms with Gasteiger partial charge in [0.05, 0.1) is 21.2 Å². The van der Waals surface area contributed by atoms with Crippen molar-refractivity contribution in [2.75, 3.05) is 4.72 Å². The number of sulfonamides is 1. The van der Waals surface area contributed by atoms with E-state index in [0.717, 1.165) is 11.1 Å². The van der Waals surface area contributed by atoms with E-state index >= 15 is 0 Å². The molecule has 0 amide bonds. The van der Waals surface area contributed by atoms with Crippen molar-refractivity contribution in [1.82, 2.24) is 0 Å². The van der Waals surface area contributed by atoms with Gasteiger partial charge in [-0.2, -0.15) is 5.26 Å². The lowest BCUT2D eigenvalue weighted by Gasteiger charge is -2.13. The zero-order valence-electron chi connectivity index (χ0n) is 11.5. The Morgan fingerprint density at radius 2 is 1.76 bits per heavy atom. The van der Waals surface area contributed by atoms with Gasteiger partial charge in [-0.1, -0.05) is 29.8 Å². The molecule has 4 nitrogen and oxygen atoms in total. The van der Waals surface area contributed by atoms with Crippen molar-refractivity contribution in [2.45, 2.75) is 18.7 Å². The first-order chi connectivity index (χ1) is 9.85. The SMILES string of the molecule is Cc1cccc(C)c1NS(=O)(=O)c1ccc(C#N)c(Cl)c1. The second kappa shape index (κ2) is 5.76. The highest BCUT2D eigenvalue weighted by molar-refractivity contribution is 7.92. The maximum Gasteiger partial charge on any atom is 0.261 e. The van der Waals surface area contributed by atoms with E-state index in [1.807, 2.05) is 38.1 Å². The summed E-state index contributed by atoms with van der Waals surface area (Å²) >= 11 is 5.89. The van der Waals surface area contributed by atoms with E-state index in [1.165, 1.54) is 18.2 Å². The third kappa shape index (κ3) is 3.18. The Balaban J connectivity index is 2.44. The molecule has 0 aliphatic carbocycles. The van der Waals surface area contributed by atoms with Crippen molar-refractivity contribution >= 4 is 27.3 Å². The predicted molar refractivity (Wildman–Crippen MR) is 82.9 cm³/mol. The van der Waals surface area contributed by atoms with Gasteiger partial charge in [0.25, 0.3) is 10.0 Å². The summed E-state index contributed by atoms with van der Waals surface area (Å²) < 4.78 is 27.4. The maximum absolute atomic E-state index is 12.4. The first-order valence-corrected chi connectivity index (χ1v) is 8.00. The van der Waals surface area contributed by atoms with E-state index in [2.05, 4.69) is 4.72 Å². The van der Waals surface area contributed by atoms with Gasteiger partial charge in [-0.3, -0.25) is 4.72 Å². The van der Waals surface area contributed by atoms with Crippen LogP contribution in [0.15, 0.2) is 41.3 Å². The van der Waals surface area contributed by atoms with E-state index in [1.54, 1.807) is 0 Å². The third-order valence-corrected chi connectivity index (χ3v) is 4.75. The minimum Gasteiger partial charge on any atom is -0.279 e. The molecule has 21 heavy (non-hydrogen) atoms. The number of anilines is 1. The second-order valence-electron chi connectivity index (χ2n) is 4.63. The van der Waals surface area contributed by atoms with Crippen molar-refractivity contribution in [2.24, 2.45) is 0 Å². The van der Waals surface area contributed by atoms with Crippen molar-refractivity contribution < 1.29 is 8.42 Å². The Hall–Kier alpha value is -2.03. The number of para-hydroxylation sites is 1. The van der Waals surface area contributed by atoms with Crippen LogP contribution in [0.4, 0.5) is 5.69 Å². The number of halogens is 1. The normalized spacial score (nSPS) is 11.0. The number of benzene rings is 2. The molecule has 2 aromatic carbocycles. The van der Waals surface area contributed by atoms with E-state index in [-0.39, 0.29) is 15.5 Å². The molecular weight excluding hydrogens is 308 g/mol. The van der Waals surface area contributed by atoms with Crippen molar-refractivity contribution in [1.29, 1.82) is 5.26 Å². The molecule has 0 saturated heterocycles. The largest absolute Gasteiger partial charge is 0.279 e. The van der Waals surface area contributed by atoms with Crippen LogP contribution in [0.25, 0.3) is 0 Å². The topological polar surface area (TPSA) is 70.0 Å². The summed E-state index contributed by atoms with van der Waals surface area (Å²) in [7, 11) is -3.75. The van der Waals surface area contributed by atoms with E-state index in [9.17, 15) is 8.42 Å². The number of aryl methyl sites for hydroxylation is 2. The summed E-state index contributed by atoms with van der Waals surface area (Å²) in [4.78, 5) is 0.0224. The lowest BCUT2D eigenvalue weighted by Crippen LogP contribution is -2.14. The van der Waals surface area contributed by atoms with E-state index in [4.69, 9.17) is 16.9 Å². The molecule has 0 spiro atoms. The van der Waals surface area contributed by atoms with Gasteiger partial charge in [-0.25, -0.2) is 8.42 Å². The van der Waals surface area contributed by atoms with Crippen LogP contribution in [0.3, 0.4) is 0 Å². The molecule has 6 heteroatoms. The van der Waals surface area contributed by atoms with Gasteiger partial charge in [0.15, 0.2) is 0 Å². The molecule has 0 aliphatic rings. The Bertz CT molecular complexity index is 819. The molecule has 0 heterocycles. The van der Waals surface area contributed by atoms with Crippen LogP contribution < -0.4 is 4.72 Å². The molecule has 0 bridgehead atoms. The fourth-order valence-electron chi connectivity index (χ4n) is 1.92. The minimum absolute atomic E-state index is 0.0224.